The van der Waals surface area contributed by atoms with Crippen LogP contribution in [0.4, 0.5) is 0 Å². The van der Waals surface area contributed by atoms with E-state index in [1.807, 2.05) is 0 Å². The third-order valence-corrected chi connectivity index (χ3v) is 2.57. The van der Waals surface area contributed by atoms with Crippen molar-refractivity contribution in [2.45, 2.75) is 58.3 Å². The lowest BCUT2D eigenvalue weighted by atomic mass is 10.1. The first-order valence-electron chi connectivity index (χ1n) is 5.64. The molecule has 0 aromatic heterocycles. The quantitative estimate of drug-likeness (QED) is 0.468. The monoisotopic (exact) mass is 203 g/mol. The fourth-order valence-corrected chi connectivity index (χ4v) is 1.34. The Morgan fingerprint density at radius 2 is 1.50 bits per heavy atom. The maximum Gasteiger partial charge on any atom is 0.221 e. The van der Waals surface area contributed by atoms with Crippen molar-refractivity contribution in [3.8, 4) is 0 Å². The van der Waals surface area contributed by atoms with E-state index in [1.54, 1.807) is 11.9 Å². The van der Waals surface area contributed by atoms with Crippen molar-refractivity contribution in [1.29, 1.82) is 0 Å². The average molecular weight is 203 g/mol. The zero-order chi connectivity index (χ0) is 11.0. The Morgan fingerprint density at radius 3 is 2.00 bits per heavy atom. The molecule has 14 heavy (non-hydrogen) atoms. The largest absolute Gasteiger partial charge is 0.353 e. The lowest BCUT2D eigenvalue weighted by Gasteiger charge is -2.28. The minimum absolute atomic E-state index is 0.746. The standard InChI is InChI=1S/C11H25NO2/c1-4-5-6-7-8-9-10-12(3)11(2,13)14/h13-14H,4-10H2,1-3H3. The average Bonchev–Trinajstić information content (AvgIpc) is 2.09. The Morgan fingerprint density at radius 1 is 1.00 bits per heavy atom. The van der Waals surface area contributed by atoms with E-state index in [0.717, 1.165) is 13.0 Å². The van der Waals surface area contributed by atoms with Gasteiger partial charge in [-0.25, -0.2) is 0 Å². The highest BCUT2D eigenvalue weighted by Crippen LogP contribution is 2.08. The maximum atomic E-state index is 9.21. The van der Waals surface area contributed by atoms with E-state index >= 15 is 0 Å². The van der Waals surface area contributed by atoms with E-state index in [-0.39, 0.29) is 0 Å². The van der Waals surface area contributed by atoms with Gasteiger partial charge in [0.15, 0.2) is 0 Å². The molecule has 0 aromatic rings. The van der Waals surface area contributed by atoms with Crippen LogP contribution in [0.3, 0.4) is 0 Å². The second-order valence-corrected chi connectivity index (χ2v) is 4.16. The van der Waals surface area contributed by atoms with Crippen LogP contribution in [0.1, 0.15) is 52.4 Å². The molecule has 0 rings (SSSR count). The summed E-state index contributed by atoms with van der Waals surface area (Å²) in [7, 11) is 1.73. The number of rotatable bonds is 8. The molecule has 3 nitrogen and oxygen atoms in total. The zero-order valence-electron chi connectivity index (χ0n) is 9.79. The van der Waals surface area contributed by atoms with Gasteiger partial charge in [-0.05, 0) is 13.5 Å². The maximum absolute atomic E-state index is 9.21. The van der Waals surface area contributed by atoms with Crippen LogP contribution >= 0.6 is 0 Å². The molecular formula is C11H25NO2. The van der Waals surface area contributed by atoms with Gasteiger partial charge >= 0.3 is 0 Å². The van der Waals surface area contributed by atoms with E-state index in [0.29, 0.717) is 0 Å². The first-order chi connectivity index (χ1) is 6.48. The second kappa shape index (κ2) is 7.21. The van der Waals surface area contributed by atoms with Crippen LogP contribution in [0.5, 0.6) is 0 Å². The molecule has 0 saturated heterocycles. The number of nitrogens with zero attached hydrogens (tertiary/aromatic N) is 1. The lowest BCUT2D eigenvalue weighted by molar-refractivity contribution is -0.242. The van der Waals surface area contributed by atoms with Gasteiger partial charge < -0.3 is 10.2 Å². The second-order valence-electron chi connectivity index (χ2n) is 4.16. The van der Waals surface area contributed by atoms with Crippen molar-refractivity contribution in [2.24, 2.45) is 0 Å². The molecule has 0 fully saturated rings. The third-order valence-electron chi connectivity index (χ3n) is 2.57. The molecule has 0 radical (unpaired) electrons. The topological polar surface area (TPSA) is 43.7 Å². The van der Waals surface area contributed by atoms with E-state index in [4.69, 9.17) is 0 Å². The third kappa shape index (κ3) is 7.30. The normalized spacial score (nSPS) is 12.4. The van der Waals surface area contributed by atoms with Gasteiger partial charge in [-0.15, -0.1) is 0 Å². The molecule has 3 heteroatoms. The predicted octanol–water partition coefficient (Wildman–Crippen LogP) is 1.94. The molecule has 0 aromatic carbocycles. The highest BCUT2D eigenvalue weighted by atomic mass is 16.5. The summed E-state index contributed by atoms with van der Waals surface area (Å²) in [4.78, 5) is 1.56. The van der Waals surface area contributed by atoms with Gasteiger partial charge in [0.2, 0.25) is 5.91 Å². The van der Waals surface area contributed by atoms with Crippen LogP contribution < -0.4 is 0 Å². The Bertz CT molecular complexity index is 132. The van der Waals surface area contributed by atoms with Gasteiger partial charge in [0, 0.05) is 13.5 Å². The summed E-state index contributed by atoms with van der Waals surface area (Å²) in [5, 5.41) is 18.4. The van der Waals surface area contributed by atoms with Crippen LogP contribution in [-0.2, 0) is 0 Å². The van der Waals surface area contributed by atoms with Crippen LogP contribution in [0.15, 0.2) is 0 Å². The van der Waals surface area contributed by atoms with E-state index in [2.05, 4.69) is 6.92 Å². The van der Waals surface area contributed by atoms with Gasteiger partial charge in [-0.3, -0.25) is 4.90 Å². The number of hydrogen-bond acceptors (Lipinski definition) is 3. The molecule has 0 bridgehead atoms. The fraction of sp³-hybridized carbons (Fsp3) is 1.00. The smallest absolute Gasteiger partial charge is 0.221 e. The highest BCUT2D eigenvalue weighted by molar-refractivity contribution is 4.57. The molecule has 0 spiro atoms. The van der Waals surface area contributed by atoms with E-state index in [1.165, 1.54) is 39.0 Å². The highest BCUT2D eigenvalue weighted by Gasteiger charge is 2.20. The summed E-state index contributed by atoms with van der Waals surface area (Å²) in [5.74, 6) is -1.66. The number of unbranched alkanes of at least 4 members (excludes halogenated alkanes) is 5. The summed E-state index contributed by atoms with van der Waals surface area (Å²) in [6.07, 6.45) is 7.36. The molecule has 0 unspecified atom stereocenters. The molecule has 0 aliphatic heterocycles. The van der Waals surface area contributed by atoms with E-state index < -0.39 is 5.91 Å². The van der Waals surface area contributed by atoms with Gasteiger partial charge in [-0.1, -0.05) is 39.0 Å². The van der Waals surface area contributed by atoms with E-state index in [9.17, 15) is 10.2 Å². The number of hydrogen-bond donors (Lipinski definition) is 2. The lowest BCUT2D eigenvalue weighted by Crippen LogP contribution is -2.43. The van der Waals surface area contributed by atoms with Crippen molar-refractivity contribution in [1.82, 2.24) is 4.90 Å². The molecule has 0 atom stereocenters. The Labute approximate surface area is 87.7 Å². The Kier molecular flexibility index (Phi) is 7.15. The van der Waals surface area contributed by atoms with Crippen LogP contribution in [-0.4, -0.2) is 34.6 Å². The van der Waals surface area contributed by atoms with Gasteiger partial charge in [-0.2, -0.15) is 0 Å². The van der Waals surface area contributed by atoms with Gasteiger partial charge in [0.1, 0.15) is 0 Å². The first kappa shape index (κ1) is 13.9. The van der Waals surface area contributed by atoms with Crippen LogP contribution in [0.25, 0.3) is 0 Å². The van der Waals surface area contributed by atoms with Gasteiger partial charge in [0.05, 0.1) is 0 Å². The van der Waals surface area contributed by atoms with Crippen molar-refractivity contribution in [2.75, 3.05) is 13.6 Å². The molecule has 0 aliphatic rings. The Hall–Kier alpha value is -0.120. The first-order valence-corrected chi connectivity index (χ1v) is 5.64. The van der Waals surface area contributed by atoms with Crippen molar-refractivity contribution < 1.29 is 10.2 Å². The van der Waals surface area contributed by atoms with Crippen molar-refractivity contribution in [3.63, 3.8) is 0 Å². The molecule has 0 saturated carbocycles. The molecule has 2 N–H and O–H groups in total. The zero-order valence-corrected chi connectivity index (χ0v) is 9.79. The summed E-state index contributed by atoms with van der Waals surface area (Å²) < 4.78 is 0. The molecule has 0 heterocycles. The molecule has 0 aliphatic carbocycles. The van der Waals surface area contributed by atoms with Gasteiger partial charge in [0.25, 0.3) is 0 Å². The summed E-state index contributed by atoms with van der Waals surface area (Å²) in [5.41, 5.74) is 0. The van der Waals surface area contributed by atoms with Crippen LogP contribution in [0, 0.1) is 0 Å². The summed E-state index contributed by atoms with van der Waals surface area (Å²) >= 11 is 0. The SMILES string of the molecule is CCCCCCCCN(C)C(C)(O)O. The molecule has 86 valence electrons. The number of aliphatic hydroxyl groups is 2. The molecular weight excluding hydrogens is 178 g/mol. The minimum Gasteiger partial charge on any atom is -0.353 e. The summed E-state index contributed by atoms with van der Waals surface area (Å²) in [6, 6.07) is 0. The van der Waals surface area contributed by atoms with Crippen molar-refractivity contribution >= 4 is 0 Å². The minimum atomic E-state index is -1.66. The fourth-order valence-electron chi connectivity index (χ4n) is 1.34. The predicted molar refractivity (Wildman–Crippen MR) is 58.8 cm³/mol. The van der Waals surface area contributed by atoms with Crippen molar-refractivity contribution in [3.05, 3.63) is 0 Å². The molecule has 0 amide bonds. The van der Waals surface area contributed by atoms with Crippen LogP contribution in [0.2, 0.25) is 0 Å². The Balaban J connectivity index is 3.28. The summed E-state index contributed by atoms with van der Waals surface area (Å²) in [6.45, 7) is 4.34.